The number of rotatable bonds is 4. The first-order valence-corrected chi connectivity index (χ1v) is 8.23. The molecule has 1 saturated carbocycles. The van der Waals surface area contributed by atoms with Crippen LogP contribution in [0.4, 0.5) is 5.69 Å². The summed E-state index contributed by atoms with van der Waals surface area (Å²) in [6, 6.07) is 2.80. The number of nitrogen functional groups attached to an aromatic ring is 1. The Morgan fingerprint density at radius 2 is 1.84 bits per heavy atom. The highest BCUT2D eigenvalue weighted by Crippen LogP contribution is 2.35. The van der Waals surface area contributed by atoms with Crippen LogP contribution in [0.1, 0.15) is 19.3 Å². The molecule has 0 bridgehead atoms. The molecule has 106 valence electrons. The summed E-state index contributed by atoms with van der Waals surface area (Å²) < 4.78 is 26.3. The molecule has 0 atom stereocenters. The molecule has 1 aliphatic carbocycles. The molecule has 0 saturated heterocycles. The fraction of sp³-hybridized carbons (Fsp3) is 0.500. The summed E-state index contributed by atoms with van der Waals surface area (Å²) in [6.45, 7) is 0.499. The Hall–Kier alpha value is -0.490. The lowest BCUT2D eigenvalue weighted by atomic mass is 9.86. The average molecular weight is 323 g/mol. The molecule has 1 aromatic rings. The van der Waals surface area contributed by atoms with Crippen LogP contribution >= 0.6 is 23.2 Å². The van der Waals surface area contributed by atoms with Crippen LogP contribution < -0.4 is 5.73 Å². The summed E-state index contributed by atoms with van der Waals surface area (Å²) in [5, 5.41) is 0.121. The van der Waals surface area contributed by atoms with Crippen molar-refractivity contribution in [3.63, 3.8) is 0 Å². The van der Waals surface area contributed by atoms with Gasteiger partial charge in [0, 0.05) is 19.3 Å². The smallest absolute Gasteiger partial charge is 0.245 e. The highest BCUT2D eigenvalue weighted by Gasteiger charge is 2.30. The summed E-state index contributed by atoms with van der Waals surface area (Å²) in [5.41, 5.74) is 5.92. The molecule has 1 fully saturated rings. The van der Waals surface area contributed by atoms with Gasteiger partial charge in [-0.1, -0.05) is 29.6 Å². The van der Waals surface area contributed by atoms with E-state index in [1.165, 1.54) is 22.9 Å². The summed E-state index contributed by atoms with van der Waals surface area (Å²) in [6.07, 6.45) is 3.31. The van der Waals surface area contributed by atoms with Gasteiger partial charge in [-0.15, -0.1) is 0 Å². The SMILES string of the molecule is CN(CC1CCC1)S(=O)(=O)c1c(Cl)cc(N)cc1Cl. The second-order valence-electron chi connectivity index (χ2n) is 4.90. The van der Waals surface area contributed by atoms with Gasteiger partial charge in [0.25, 0.3) is 0 Å². The van der Waals surface area contributed by atoms with E-state index in [1.807, 2.05) is 0 Å². The Morgan fingerprint density at radius 3 is 2.26 bits per heavy atom. The van der Waals surface area contributed by atoms with Crippen molar-refractivity contribution in [1.29, 1.82) is 0 Å². The van der Waals surface area contributed by atoms with Crippen molar-refractivity contribution < 1.29 is 8.42 Å². The first kappa shape index (κ1) is 14.9. The summed E-state index contributed by atoms with van der Waals surface area (Å²) in [7, 11) is -2.12. The van der Waals surface area contributed by atoms with E-state index in [2.05, 4.69) is 0 Å². The van der Waals surface area contributed by atoms with Crippen LogP contribution in [0.5, 0.6) is 0 Å². The maximum Gasteiger partial charge on any atom is 0.245 e. The van der Waals surface area contributed by atoms with E-state index in [0.29, 0.717) is 18.2 Å². The zero-order chi connectivity index (χ0) is 14.2. The maximum absolute atomic E-state index is 12.5. The Balaban J connectivity index is 2.33. The fourth-order valence-electron chi connectivity index (χ4n) is 2.12. The third-order valence-corrected chi connectivity index (χ3v) is 6.17. The van der Waals surface area contributed by atoms with Crippen molar-refractivity contribution in [3.05, 3.63) is 22.2 Å². The summed E-state index contributed by atoms with van der Waals surface area (Å²) in [4.78, 5) is -0.0631. The Kier molecular flexibility index (Phi) is 4.30. The molecule has 4 nitrogen and oxygen atoms in total. The number of sulfonamides is 1. The van der Waals surface area contributed by atoms with Crippen LogP contribution in [0.2, 0.25) is 10.0 Å². The van der Waals surface area contributed by atoms with E-state index in [9.17, 15) is 8.42 Å². The molecule has 0 radical (unpaired) electrons. The molecule has 19 heavy (non-hydrogen) atoms. The lowest BCUT2D eigenvalue weighted by Gasteiger charge is -2.30. The van der Waals surface area contributed by atoms with E-state index < -0.39 is 10.0 Å². The van der Waals surface area contributed by atoms with Gasteiger partial charge < -0.3 is 5.73 Å². The van der Waals surface area contributed by atoms with E-state index in [0.717, 1.165) is 12.8 Å². The Bertz CT molecular complexity index is 562. The lowest BCUT2D eigenvalue weighted by molar-refractivity contribution is 0.263. The van der Waals surface area contributed by atoms with Gasteiger partial charge in [-0.25, -0.2) is 12.7 Å². The van der Waals surface area contributed by atoms with Crippen LogP contribution in [-0.4, -0.2) is 26.3 Å². The normalized spacial score (nSPS) is 16.6. The van der Waals surface area contributed by atoms with Gasteiger partial charge in [0.05, 0.1) is 10.0 Å². The maximum atomic E-state index is 12.5. The number of benzene rings is 1. The van der Waals surface area contributed by atoms with Gasteiger partial charge in [0.1, 0.15) is 4.90 Å². The molecule has 0 spiro atoms. The van der Waals surface area contributed by atoms with Crippen molar-refractivity contribution in [3.8, 4) is 0 Å². The van der Waals surface area contributed by atoms with Crippen molar-refractivity contribution >= 4 is 38.9 Å². The first-order chi connectivity index (χ1) is 8.82. The van der Waals surface area contributed by atoms with E-state index >= 15 is 0 Å². The first-order valence-electron chi connectivity index (χ1n) is 6.03. The third kappa shape index (κ3) is 2.99. The molecule has 0 aromatic heterocycles. The molecule has 1 aromatic carbocycles. The molecule has 0 aliphatic heterocycles. The molecule has 2 N–H and O–H groups in total. The quantitative estimate of drug-likeness (QED) is 0.867. The Morgan fingerprint density at radius 1 is 1.32 bits per heavy atom. The molecule has 0 heterocycles. The average Bonchev–Trinajstić information content (AvgIpc) is 2.20. The van der Waals surface area contributed by atoms with Gasteiger partial charge in [0.2, 0.25) is 10.0 Å². The molecule has 0 amide bonds. The standard InChI is InChI=1S/C12H16Cl2N2O2S/c1-16(7-8-3-2-4-8)19(17,18)12-10(13)5-9(15)6-11(12)14/h5-6,8H,2-4,7,15H2,1H3. The van der Waals surface area contributed by atoms with Gasteiger partial charge in [-0.2, -0.15) is 0 Å². The minimum Gasteiger partial charge on any atom is -0.399 e. The number of nitrogens with two attached hydrogens (primary N) is 1. The predicted molar refractivity (Wildman–Crippen MR) is 78.0 cm³/mol. The highest BCUT2D eigenvalue weighted by atomic mass is 35.5. The lowest BCUT2D eigenvalue weighted by Crippen LogP contribution is -2.34. The third-order valence-electron chi connectivity index (χ3n) is 3.43. The monoisotopic (exact) mass is 322 g/mol. The second-order valence-corrected chi connectivity index (χ2v) is 7.69. The number of nitrogens with zero attached hydrogens (tertiary/aromatic N) is 1. The van der Waals surface area contributed by atoms with E-state index in [4.69, 9.17) is 28.9 Å². The largest absolute Gasteiger partial charge is 0.399 e. The second kappa shape index (κ2) is 5.48. The minimum absolute atomic E-state index is 0.0606. The molecule has 0 unspecified atom stereocenters. The zero-order valence-electron chi connectivity index (χ0n) is 10.6. The molecular formula is C12H16Cl2N2O2S. The Labute approximate surface area is 123 Å². The molecule has 1 aliphatic rings. The zero-order valence-corrected chi connectivity index (χ0v) is 12.9. The number of hydrogen-bond acceptors (Lipinski definition) is 3. The van der Waals surface area contributed by atoms with Crippen LogP contribution in [0.15, 0.2) is 17.0 Å². The number of anilines is 1. The summed E-state index contributed by atoms with van der Waals surface area (Å²) in [5.74, 6) is 0.436. The molecule has 7 heteroatoms. The van der Waals surface area contributed by atoms with Gasteiger partial charge in [0.15, 0.2) is 0 Å². The van der Waals surface area contributed by atoms with Gasteiger partial charge >= 0.3 is 0 Å². The number of hydrogen-bond donors (Lipinski definition) is 1. The van der Waals surface area contributed by atoms with Crippen LogP contribution in [0.25, 0.3) is 0 Å². The van der Waals surface area contributed by atoms with E-state index in [-0.39, 0.29) is 14.9 Å². The van der Waals surface area contributed by atoms with Crippen molar-refractivity contribution in [2.45, 2.75) is 24.2 Å². The van der Waals surface area contributed by atoms with Crippen molar-refractivity contribution in [2.24, 2.45) is 5.92 Å². The molecular weight excluding hydrogens is 307 g/mol. The van der Waals surface area contributed by atoms with E-state index in [1.54, 1.807) is 7.05 Å². The van der Waals surface area contributed by atoms with Gasteiger partial charge in [-0.05, 0) is 30.9 Å². The molecule has 2 rings (SSSR count). The fourth-order valence-corrected chi connectivity index (χ4v) is 4.54. The highest BCUT2D eigenvalue weighted by molar-refractivity contribution is 7.89. The minimum atomic E-state index is -3.67. The van der Waals surface area contributed by atoms with Crippen LogP contribution in [-0.2, 0) is 10.0 Å². The van der Waals surface area contributed by atoms with Crippen molar-refractivity contribution in [2.75, 3.05) is 19.3 Å². The summed E-state index contributed by atoms with van der Waals surface area (Å²) >= 11 is 12.0. The van der Waals surface area contributed by atoms with Crippen LogP contribution in [0.3, 0.4) is 0 Å². The number of halogens is 2. The predicted octanol–water partition coefficient (Wildman–Crippen LogP) is 3.00. The van der Waals surface area contributed by atoms with Crippen molar-refractivity contribution in [1.82, 2.24) is 4.31 Å². The van der Waals surface area contributed by atoms with Crippen LogP contribution in [0, 0.1) is 5.92 Å². The van der Waals surface area contributed by atoms with Gasteiger partial charge in [-0.3, -0.25) is 0 Å². The topological polar surface area (TPSA) is 63.4 Å².